The second kappa shape index (κ2) is 5.26. The van der Waals surface area contributed by atoms with Crippen LogP contribution in [-0.2, 0) is 0 Å². The molecule has 0 fully saturated rings. The summed E-state index contributed by atoms with van der Waals surface area (Å²) in [7, 11) is 3.71. The van der Waals surface area contributed by atoms with E-state index >= 15 is 0 Å². The van der Waals surface area contributed by atoms with Crippen LogP contribution in [0.25, 0.3) is 0 Å². The first kappa shape index (κ1) is 11.4. The highest BCUT2D eigenvalue weighted by Crippen LogP contribution is 2.16. The number of pyridine rings is 1. The molecule has 6 nitrogen and oxygen atoms in total. The van der Waals surface area contributed by atoms with Crippen LogP contribution < -0.4 is 10.2 Å². The van der Waals surface area contributed by atoms with Crippen molar-refractivity contribution in [1.29, 1.82) is 0 Å². The molecule has 0 bridgehead atoms. The maximum Gasteiger partial charge on any atom is 0.274 e. The van der Waals surface area contributed by atoms with Gasteiger partial charge >= 0.3 is 0 Å². The predicted molar refractivity (Wildman–Crippen MR) is 58.1 cm³/mol. The van der Waals surface area contributed by atoms with E-state index in [-0.39, 0.29) is 5.69 Å². The van der Waals surface area contributed by atoms with Gasteiger partial charge in [0.15, 0.2) is 0 Å². The monoisotopic (exact) mass is 210 g/mol. The fourth-order valence-electron chi connectivity index (χ4n) is 1.12. The number of rotatable bonds is 5. The third-order valence-corrected chi connectivity index (χ3v) is 2.03. The van der Waals surface area contributed by atoms with Gasteiger partial charge in [-0.25, -0.2) is 4.98 Å². The van der Waals surface area contributed by atoms with Gasteiger partial charge in [0.25, 0.3) is 5.69 Å². The van der Waals surface area contributed by atoms with Crippen LogP contribution in [0.2, 0.25) is 0 Å². The first-order valence-corrected chi connectivity index (χ1v) is 4.61. The minimum atomic E-state index is -0.420. The van der Waals surface area contributed by atoms with Gasteiger partial charge in [-0.05, 0) is 7.05 Å². The summed E-state index contributed by atoms with van der Waals surface area (Å²) in [6.45, 7) is 1.56. The topological polar surface area (TPSA) is 71.3 Å². The Morgan fingerprint density at radius 1 is 1.67 bits per heavy atom. The van der Waals surface area contributed by atoms with Crippen LogP contribution >= 0.6 is 0 Å². The normalized spacial score (nSPS) is 10.0. The van der Waals surface area contributed by atoms with E-state index in [1.165, 1.54) is 18.3 Å². The van der Waals surface area contributed by atoms with Crippen molar-refractivity contribution in [1.82, 2.24) is 10.3 Å². The van der Waals surface area contributed by atoms with E-state index in [1.54, 1.807) is 0 Å². The molecule has 1 aromatic heterocycles. The molecule has 6 heteroatoms. The molecule has 1 rings (SSSR count). The number of nitrogens with zero attached hydrogens (tertiary/aromatic N) is 3. The summed E-state index contributed by atoms with van der Waals surface area (Å²) in [4.78, 5) is 16.1. The molecule has 1 aromatic rings. The summed E-state index contributed by atoms with van der Waals surface area (Å²) in [6, 6.07) is 2.85. The molecule has 0 saturated carbocycles. The molecule has 0 aliphatic carbocycles. The lowest BCUT2D eigenvalue weighted by atomic mass is 10.4. The summed E-state index contributed by atoms with van der Waals surface area (Å²) in [5.41, 5.74) is 0.0660. The summed E-state index contributed by atoms with van der Waals surface area (Å²) in [5.74, 6) is 0.611. The van der Waals surface area contributed by atoms with Gasteiger partial charge in [0, 0.05) is 32.4 Å². The van der Waals surface area contributed by atoms with Crippen molar-refractivity contribution in [3.63, 3.8) is 0 Å². The lowest BCUT2D eigenvalue weighted by Crippen LogP contribution is -2.27. The van der Waals surface area contributed by atoms with Crippen LogP contribution in [0.15, 0.2) is 18.3 Å². The van der Waals surface area contributed by atoms with Crippen LogP contribution in [0, 0.1) is 10.1 Å². The number of likely N-dealkylation sites (N-methyl/N-ethyl adjacent to an activating group) is 2. The van der Waals surface area contributed by atoms with Gasteiger partial charge in [0.2, 0.25) is 0 Å². The fraction of sp³-hybridized carbons (Fsp3) is 0.444. The Hall–Kier alpha value is -1.69. The molecule has 0 aromatic carbocycles. The van der Waals surface area contributed by atoms with Gasteiger partial charge in [-0.1, -0.05) is 0 Å². The largest absolute Gasteiger partial charge is 0.358 e. The zero-order valence-electron chi connectivity index (χ0n) is 8.80. The number of aromatic nitrogens is 1. The van der Waals surface area contributed by atoms with E-state index < -0.39 is 4.92 Å². The Morgan fingerprint density at radius 2 is 2.40 bits per heavy atom. The van der Waals surface area contributed by atoms with Crippen molar-refractivity contribution < 1.29 is 4.92 Å². The number of nitro groups is 1. The number of nitrogens with one attached hydrogen (secondary N) is 1. The molecule has 0 amide bonds. The highest BCUT2D eigenvalue weighted by atomic mass is 16.6. The van der Waals surface area contributed by atoms with Crippen molar-refractivity contribution in [2.75, 3.05) is 32.1 Å². The van der Waals surface area contributed by atoms with Crippen molar-refractivity contribution in [3.8, 4) is 0 Å². The summed E-state index contributed by atoms with van der Waals surface area (Å²) in [6.07, 6.45) is 1.45. The van der Waals surface area contributed by atoms with Crippen molar-refractivity contribution >= 4 is 11.5 Å². The Labute approximate surface area is 88.1 Å². The molecule has 0 aliphatic heterocycles. The summed E-state index contributed by atoms with van der Waals surface area (Å²) >= 11 is 0. The zero-order chi connectivity index (χ0) is 11.3. The standard InChI is InChI=1S/C9H14N4O2/c1-10-5-6-12(2)9-7-8(13(14)15)3-4-11-9/h3-4,7,10H,5-6H2,1-2H3. The first-order chi connectivity index (χ1) is 7.15. The van der Waals surface area contributed by atoms with Crippen LogP contribution in [0.3, 0.4) is 0 Å². The highest BCUT2D eigenvalue weighted by molar-refractivity contribution is 5.45. The van der Waals surface area contributed by atoms with Crippen molar-refractivity contribution in [2.24, 2.45) is 0 Å². The molecule has 82 valence electrons. The zero-order valence-corrected chi connectivity index (χ0v) is 8.80. The second-order valence-corrected chi connectivity index (χ2v) is 3.15. The van der Waals surface area contributed by atoms with Crippen molar-refractivity contribution in [2.45, 2.75) is 0 Å². The maximum absolute atomic E-state index is 10.5. The van der Waals surface area contributed by atoms with Gasteiger partial charge in [0.05, 0.1) is 11.0 Å². The van der Waals surface area contributed by atoms with Gasteiger partial charge in [-0.2, -0.15) is 0 Å². The van der Waals surface area contributed by atoms with Crippen LogP contribution in [-0.4, -0.2) is 37.1 Å². The minimum Gasteiger partial charge on any atom is -0.358 e. The van der Waals surface area contributed by atoms with E-state index in [4.69, 9.17) is 0 Å². The first-order valence-electron chi connectivity index (χ1n) is 4.61. The molecule has 1 heterocycles. The molecule has 0 aliphatic rings. The lowest BCUT2D eigenvalue weighted by Gasteiger charge is -2.17. The van der Waals surface area contributed by atoms with E-state index in [0.29, 0.717) is 5.82 Å². The molecule has 1 N–H and O–H groups in total. The van der Waals surface area contributed by atoms with Gasteiger partial charge in [-0.15, -0.1) is 0 Å². The molecular weight excluding hydrogens is 196 g/mol. The Morgan fingerprint density at radius 3 is 3.00 bits per heavy atom. The van der Waals surface area contributed by atoms with Gasteiger partial charge < -0.3 is 10.2 Å². The summed E-state index contributed by atoms with van der Waals surface area (Å²) in [5, 5.41) is 13.5. The van der Waals surface area contributed by atoms with Crippen LogP contribution in [0.4, 0.5) is 11.5 Å². The number of hydrogen-bond acceptors (Lipinski definition) is 5. The molecule has 15 heavy (non-hydrogen) atoms. The van der Waals surface area contributed by atoms with Crippen molar-refractivity contribution in [3.05, 3.63) is 28.4 Å². The highest BCUT2D eigenvalue weighted by Gasteiger charge is 2.09. The average Bonchev–Trinajstić information content (AvgIpc) is 2.26. The lowest BCUT2D eigenvalue weighted by molar-refractivity contribution is -0.384. The SMILES string of the molecule is CNCCN(C)c1cc([N+](=O)[O-])ccn1. The third-order valence-electron chi connectivity index (χ3n) is 2.03. The number of hydrogen-bond donors (Lipinski definition) is 1. The minimum absolute atomic E-state index is 0.0660. The second-order valence-electron chi connectivity index (χ2n) is 3.15. The van der Waals surface area contributed by atoms with E-state index in [9.17, 15) is 10.1 Å². The quantitative estimate of drug-likeness (QED) is 0.570. The molecule has 0 radical (unpaired) electrons. The fourth-order valence-corrected chi connectivity index (χ4v) is 1.12. The van der Waals surface area contributed by atoms with E-state index in [2.05, 4.69) is 10.3 Å². The van der Waals surface area contributed by atoms with Gasteiger partial charge in [0.1, 0.15) is 5.82 Å². The summed E-state index contributed by atoms with van der Waals surface area (Å²) < 4.78 is 0. The third kappa shape index (κ3) is 3.17. The van der Waals surface area contributed by atoms with Gasteiger partial charge in [-0.3, -0.25) is 10.1 Å². The predicted octanol–water partition coefficient (Wildman–Crippen LogP) is 0.645. The molecule has 0 spiro atoms. The molecule has 0 saturated heterocycles. The Balaban J connectivity index is 2.76. The maximum atomic E-state index is 10.5. The molecule has 0 atom stereocenters. The smallest absolute Gasteiger partial charge is 0.274 e. The average molecular weight is 210 g/mol. The molecular formula is C9H14N4O2. The van der Waals surface area contributed by atoms with Crippen LogP contribution in [0.1, 0.15) is 0 Å². The van der Waals surface area contributed by atoms with E-state index in [0.717, 1.165) is 13.1 Å². The molecule has 0 unspecified atom stereocenters. The van der Waals surface area contributed by atoms with E-state index in [1.807, 2.05) is 19.0 Å². The number of anilines is 1. The Kier molecular flexibility index (Phi) is 3.99. The van der Waals surface area contributed by atoms with Crippen LogP contribution in [0.5, 0.6) is 0 Å². The Bertz CT molecular complexity index is 343.